The highest BCUT2D eigenvalue weighted by Crippen LogP contribution is 1.82. The summed E-state index contributed by atoms with van der Waals surface area (Å²) in [6, 6.07) is 0. The summed E-state index contributed by atoms with van der Waals surface area (Å²) in [5.41, 5.74) is 0.352. The van der Waals surface area contributed by atoms with Crippen LogP contribution in [0.15, 0.2) is 37.0 Å². The van der Waals surface area contributed by atoms with Gasteiger partial charge >= 0.3 is 17.9 Å². The van der Waals surface area contributed by atoms with E-state index in [-0.39, 0.29) is 30.3 Å². The number of rotatable bonds is 14. The highest BCUT2D eigenvalue weighted by Gasteiger charge is 1.91. The molecule has 0 amide bonds. The second kappa shape index (κ2) is 30.6. The number of carbonyl (C=O) groups excluding carboxylic acids is 1. The van der Waals surface area contributed by atoms with E-state index in [1.54, 1.807) is 6.92 Å². The van der Waals surface area contributed by atoms with Gasteiger partial charge in [0.1, 0.15) is 0 Å². The third-order valence-electron chi connectivity index (χ3n) is 2.40. The number of ether oxygens (including phenoxy) is 4. The van der Waals surface area contributed by atoms with Gasteiger partial charge in [0.05, 0.1) is 59.5 Å². The Bertz CT molecular complexity index is 458. The smallest absolute Gasteiger partial charge is 0.330 e. The maximum Gasteiger partial charge on any atom is 0.330 e. The molecule has 11 nitrogen and oxygen atoms in total. The standard InChI is InChI=1S/C8H18O5.C5H8O2.2C4H6O2/c9-1-3-11-5-7-13-8-6-12-4-2-10;1-3-5(6)7-4-2;2*1-3(2)4(5)6/h9-10H,1-8H2;3H,1,4H2,2H3;2*1H2,2H3,(H,5,6). The molecule has 0 aliphatic rings. The van der Waals surface area contributed by atoms with Crippen LogP contribution in [-0.2, 0) is 33.3 Å². The van der Waals surface area contributed by atoms with Crippen molar-refractivity contribution in [1.29, 1.82) is 0 Å². The van der Waals surface area contributed by atoms with Gasteiger partial charge in [0, 0.05) is 17.2 Å². The molecule has 0 fully saturated rings. The summed E-state index contributed by atoms with van der Waals surface area (Å²) >= 11 is 0. The van der Waals surface area contributed by atoms with Crippen LogP contribution in [-0.4, -0.2) is 97.8 Å². The van der Waals surface area contributed by atoms with E-state index >= 15 is 0 Å². The first-order valence-electron chi connectivity index (χ1n) is 9.53. The fourth-order valence-corrected chi connectivity index (χ4v) is 0.872. The maximum atomic E-state index is 10.1. The van der Waals surface area contributed by atoms with E-state index in [0.717, 1.165) is 6.08 Å². The molecule has 0 unspecified atom stereocenters. The average molecular weight is 467 g/mol. The second-order valence-corrected chi connectivity index (χ2v) is 5.41. The van der Waals surface area contributed by atoms with Crippen LogP contribution in [0.3, 0.4) is 0 Å². The molecule has 188 valence electrons. The van der Waals surface area contributed by atoms with Gasteiger partial charge in [-0.1, -0.05) is 19.7 Å². The van der Waals surface area contributed by atoms with E-state index in [2.05, 4.69) is 24.5 Å². The zero-order valence-corrected chi connectivity index (χ0v) is 19.2. The number of hydrogen-bond acceptors (Lipinski definition) is 9. The summed E-state index contributed by atoms with van der Waals surface area (Å²) < 4.78 is 19.5. The first-order chi connectivity index (χ1) is 15.0. The number of aliphatic hydroxyl groups excluding tert-OH is 2. The number of carbonyl (C=O) groups is 3. The van der Waals surface area contributed by atoms with Gasteiger partial charge in [0.15, 0.2) is 0 Å². The van der Waals surface area contributed by atoms with E-state index in [4.69, 9.17) is 34.6 Å². The predicted molar refractivity (Wildman–Crippen MR) is 118 cm³/mol. The SMILES string of the molecule is C=C(C)C(=O)O.C=C(C)C(=O)O.C=CC(=O)OCC.OCCOCCOCCOCCO. The predicted octanol–water partition coefficient (Wildman–Crippen LogP) is 1.05. The Morgan fingerprint density at radius 3 is 1.19 bits per heavy atom. The lowest BCUT2D eigenvalue weighted by molar-refractivity contribution is -0.137. The Balaban J connectivity index is -0.000000176. The van der Waals surface area contributed by atoms with Crippen LogP contribution < -0.4 is 0 Å². The number of aliphatic carboxylic acids is 2. The summed E-state index contributed by atoms with van der Waals surface area (Å²) in [7, 11) is 0. The van der Waals surface area contributed by atoms with Crippen molar-refractivity contribution in [3.8, 4) is 0 Å². The molecule has 0 spiro atoms. The van der Waals surface area contributed by atoms with E-state index in [1.807, 2.05) is 0 Å². The van der Waals surface area contributed by atoms with Crippen molar-refractivity contribution in [2.75, 3.05) is 59.5 Å². The van der Waals surface area contributed by atoms with Crippen LogP contribution in [0.4, 0.5) is 0 Å². The summed E-state index contributed by atoms with van der Waals surface area (Å²) in [6.07, 6.45) is 1.14. The van der Waals surface area contributed by atoms with Gasteiger partial charge in [-0.15, -0.1) is 0 Å². The van der Waals surface area contributed by atoms with Gasteiger partial charge in [-0.25, -0.2) is 14.4 Å². The summed E-state index contributed by atoms with van der Waals surface area (Å²) in [5.74, 6) is -2.23. The minimum atomic E-state index is -0.935. The van der Waals surface area contributed by atoms with E-state index in [1.165, 1.54) is 13.8 Å². The molecule has 0 atom stereocenters. The quantitative estimate of drug-likeness (QED) is 0.164. The Morgan fingerprint density at radius 1 is 0.750 bits per heavy atom. The molecule has 0 aromatic carbocycles. The molecule has 0 aromatic heterocycles. The summed E-state index contributed by atoms with van der Waals surface area (Å²) in [6.45, 7) is 17.3. The van der Waals surface area contributed by atoms with E-state index in [9.17, 15) is 14.4 Å². The molecule has 0 saturated carbocycles. The number of carboxylic acid groups (broad SMARTS) is 2. The van der Waals surface area contributed by atoms with Gasteiger partial charge in [-0.3, -0.25) is 0 Å². The Kier molecular flexibility index (Phi) is 35.2. The topological polar surface area (TPSA) is 169 Å². The van der Waals surface area contributed by atoms with Gasteiger partial charge in [-0.05, 0) is 20.8 Å². The van der Waals surface area contributed by atoms with Crippen molar-refractivity contribution in [3.63, 3.8) is 0 Å². The Hall–Kier alpha value is -2.57. The Labute approximate surface area is 189 Å². The molecule has 0 saturated heterocycles. The van der Waals surface area contributed by atoms with Crippen molar-refractivity contribution < 1.29 is 53.8 Å². The highest BCUT2D eigenvalue weighted by molar-refractivity contribution is 5.85. The molecule has 32 heavy (non-hydrogen) atoms. The first kappa shape index (κ1) is 36.8. The van der Waals surface area contributed by atoms with E-state index in [0.29, 0.717) is 46.2 Å². The zero-order valence-electron chi connectivity index (χ0n) is 19.2. The van der Waals surface area contributed by atoms with Crippen LogP contribution in [0.2, 0.25) is 0 Å². The van der Waals surface area contributed by atoms with Crippen LogP contribution in [0.1, 0.15) is 20.8 Å². The molecular formula is C21H38O11. The largest absolute Gasteiger partial charge is 0.478 e. The van der Waals surface area contributed by atoms with Crippen molar-refractivity contribution in [2.45, 2.75) is 20.8 Å². The molecule has 0 aliphatic carbocycles. The normalized spacial score (nSPS) is 8.78. The Morgan fingerprint density at radius 2 is 1.03 bits per heavy atom. The number of aliphatic hydroxyl groups is 2. The summed E-state index contributed by atoms with van der Waals surface area (Å²) in [4.78, 5) is 29.3. The summed E-state index contributed by atoms with van der Waals surface area (Å²) in [5, 5.41) is 32.5. The van der Waals surface area contributed by atoms with Gasteiger partial charge in [0.2, 0.25) is 0 Å². The average Bonchev–Trinajstić information content (AvgIpc) is 2.74. The van der Waals surface area contributed by atoms with E-state index < -0.39 is 11.9 Å². The number of esters is 1. The fourth-order valence-electron chi connectivity index (χ4n) is 0.872. The van der Waals surface area contributed by atoms with Crippen molar-refractivity contribution in [2.24, 2.45) is 0 Å². The molecule has 4 N–H and O–H groups in total. The molecule has 0 rings (SSSR count). The molecule has 0 aromatic rings. The van der Waals surface area contributed by atoms with Gasteiger partial charge in [0.25, 0.3) is 0 Å². The third-order valence-corrected chi connectivity index (χ3v) is 2.40. The van der Waals surface area contributed by atoms with Crippen LogP contribution >= 0.6 is 0 Å². The van der Waals surface area contributed by atoms with Crippen LogP contribution in [0.5, 0.6) is 0 Å². The molecule has 11 heteroatoms. The van der Waals surface area contributed by atoms with Gasteiger partial charge < -0.3 is 39.4 Å². The van der Waals surface area contributed by atoms with Crippen molar-refractivity contribution in [3.05, 3.63) is 37.0 Å². The van der Waals surface area contributed by atoms with Crippen LogP contribution in [0.25, 0.3) is 0 Å². The molecule has 0 radical (unpaired) electrons. The lowest BCUT2D eigenvalue weighted by Gasteiger charge is -2.04. The monoisotopic (exact) mass is 466 g/mol. The zero-order chi connectivity index (χ0) is 25.8. The fraction of sp³-hybridized carbons (Fsp3) is 0.571. The molecule has 0 heterocycles. The molecular weight excluding hydrogens is 428 g/mol. The van der Waals surface area contributed by atoms with Gasteiger partial charge in [-0.2, -0.15) is 0 Å². The van der Waals surface area contributed by atoms with Crippen molar-refractivity contribution >= 4 is 17.9 Å². The molecule has 0 aliphatic heterocycles. The van der Waals surface area contributed by atoms with Crippen LogP contribution in [0, 0.1) is 0 Å². The lowest BCUT2D eigenvalue weighted by atomic mass is 10.4. The first-order valence-corrected chi connectivity index (χ1v) is 9.53. The molecule has 0 bridgehead atoms. The third kappa shape index (κ3) is 45.9. The number of carboxylic acids is 2. The highest BCUT2D eigenvalue weighted by atomic mass is 16.5. The second-order valence-electron chi connectivity index (χ2n) is 5.41. The maximum absolute atomic E-state index is 10.1. The minimum absolute atomic E-state index is 0.0413. The minimum Gasteiger partial charge on any atom is -0.478 e. The van der Waals surface area contributed by atoms with Crippen molar-refractivity contribution in [1.82, 2.24) is 0 Å². The number of hydrogen-bond donors (Lipinski definition) is 4. The lowest BCUT2D eigenvalue weighted by Crippen LogP contribution is -2.11.